The number of allylic oxidation sites excluding steroid dienone is 2. The molecule has 3 heteroatoms. The van der Waals surface area contributed by atoms with Gasteiger partial charge in [0.05, 0.1) is 0 Å². The van der Waals surface area contributed by atoms with Crippen LogP contribution >= 0.6 is 0 Å². The molecule has 1 rings (SSSR count). The number of nitrogens with two attached hydrogens (primary N) is 1. The molecule has 0 saturated heterocycles. The molecule has 2 N–H and O–H groups in total. The maximum Gasteiger partial charge on any atom is 0.140 e. The largest absolute Gasteiger partial charge is 0.399 e. The molecule has 0 unspecified atom stereocenters. The third kappa shape index (κ3) is 1.55. The van der Waals surface area contributed by atoms with Gasteiger partial charge in [-0.05, 0) is 17.9 Å². The van der Waals surface area contributed by atoms with Crippen LogP contribution in [0.1, 0.15) is 13.3 Å². The summed E-state index contributed by atoms with van der Waals surface area (Å²) in [6.45, 7) is 5.38. The van der Waals surface area contributed by atoms with Gasteiger partial charge in [0.2, 0.25) is 0 Å². The van der Waals surface area contributed by atoms with E-state index in [1.165, 1.54) is 6.20 Å². The topological polar surface area (TPSA) is 38.4 Å². The molecule has 0 bridgehead atoms. The molecule has 1 aliphatic carbocycles. The fraction of sp³-hybridized carbons (Fsp3) is 0.444. The summed E-state index contributed by atoms with van der Waals surface area (Å²) in [6, 6.07) is 0. The molecular formula is C9H13FN2. The summed E-state index contributed by atoms with van der Waals surface area (Å²) >= 11 is 0. The first kappa shape index (κ1) is 8.97. The van der Waals surface area contributed by atoms with Crippen molar-refractivity contribution in [2.45, 2.75) is 19.5 Å². The molecule has 66 valence electrons. The van der Waals surface area contributed by atoms with E-state index in [4.69, 9.17) is 5.73 Å². The Bertz CT molecular complexity index is 243. The average molecular weight is 168 g/mol. The quantitative estimate of drug-likeness (QED) is 0.627. The van der Waals surface area contributed by atoms with Crippen molar-refractivity contribution >= 4 is 6.21 Å². The minimum absolute atomic E-state index is 0.170. The Morgan fingerprint density at radius 2 is 2.42 bits per heavy atom. The maximum absolute atomic E-state index is 13.0. The smallest absolute Gasteiger partial charge is 0.140 e. The Balaban J connectivity index is 2.84. The van der Waals surface area contributed by atoms with Gasteiger partial charge in [0.15, 0.2) is 0 Å². The summed E-state index contributed by atoms with van der Waals surface area (Å²) in [5.74, 6) is 0.170. The Hall–Kier alpha value is -1.12. The highest BCUT2D eigenvalue weighted by atomic mass is 19.1. The second kappa shape index (κ2) is 3.52. The van der Waals surface area contributed by atoms with E-state index in [1.807, 2.05) is 6.92 Å². The number of halogens is 1. The van der Waals surface area contributed by atoms with E-state index in [9.17, 15) is 4.39 Å². The van der Waals surface area contributed by atoms with E-state index in [0.29, 0.717) is 12.1 Å². The van der Waals surface area contributed by atoms with Crippen LogP contribution in [0.25, 0.3) is 0 Å². The highest BCUT2D eigenvalue weighted by molar-refractivity contribution is 5.81. The van der Waals surface area contributed by atoms with Crippen LogP contribution in [0.15, 0.2) is 29.0 Å². The van der Waals surface area contributed by atoms with Crippen LogP contribution in [0.2, 0.25) is 0 Å². The van der Waals surface area contributed by atoms with Gasteiger partial charge in [0, 0.05) is 18.1 Å². The zero-order valence-electron chi connectivity index (χ0n) is 7.13. The van der Waals surface area contributed by atoms with Crippen molar-refractivity contribution in [3.05, 3.63) is 24.0 Å². The van der Waals surface area contributed by atoms with E-state index < -0.39 is 6.17 Å². The summed E-state index contributed by atoms with van der Waals surface area (Å²) in [4.78, 5) is 3.82. The predicted molar refractivity (Wildman–Crippen MR) is 48.6 cm³/mol. The van der Waals surface area contributed by atoms with Gasteiger partial charge in [-0.15, -0.1) is 0 Å². The lowest BCUT2D eigenvalue weighted by atomic mass is 10.1. The van der Waals surface area contributed by atoms with Crippen LogP contribution < -0.4 is 5.73 Å². The first-order valence-electron chi connectivity index (χ1n) is 3.94. The van der Waals surface area contributed by atoms with Crippen molar-refractivity contribution < 1.29 is 4.39 Å². The van der Waals surface area contributed by atoms with Crippen molar-refractivity contribution in [3.8, 4) is 0 Å². The van der Waals surface area contributed by atoms with Gasteiger partial charge in [-0.1, -0.05) is 13.5 Å². The lowest BCUT2D eigenvalue weighted by molar-refractivity contribution is 0.357. The van der Waals surface area contributed by atoms with Gasteiger partial charge in [-0.2, -0.15) is 0 Å². The van der Waals surface area contributed by atoms with E-state index in [2.05, 4.69) is 11.6 Å². The highest BCUT2D eigenvalue weighted by Crippen LogP contribution is 2.29. The zero-order chi connectivity index (χ0) is 9.14. The fourth-order valence-corrected chi connectivity index (χ4v) is 1.36. The first-order chi connectivity index (χ1) is 5.66. The van der Waals surface area contributed by atoms with E-state index in [1.54, 1.807) is 6.21 Å². The van der Waals surface area contributed by atoms with E-state index >= 15 is 0 Å². The van der Waals surface area contributed by atoms with Crippen molar-refractivity contribution in [3.63, 3.8) is 0 Å². The monoisotopic (exact) mass is 168 g/mol. The number of hydrogen-bond donors (Lipinski definition) is 1. The number of hydrogen-bond acceptors (Lipinski definition) is 2. The summed E-state index contributed by atoms with van der Waals surface area (Å²) < 4.78 is 13.0. The second-order valence-electron chi connectivity index (χ2n) is 2.98. The van der Waals surface area contributed by atoms with Crippen molar-refractivity contribution in [1.82, 2.24) is 0 Å². The number of rotatable bonds is 2. The summed E-state index contributed by atoms with van der Waals surface area (Å²) in [5, 5.41) is 0. The minimum Gasteiger partial charge on any atom is -0.399 e. The van der Waals surface area contributed by atoms with Crippen LogP contribution in [-0.4, -0.2) is 12.4 Å². The number of aliphatic imine (C=N–C) groups is 1. The molecule has 0 radical (unpaired) electrons. The van der Waals surface area contributed by atoms with Crippen LogP contribution in [0.5, 0.6) is 0 Å². The Morgan fingerprint density at radius 3 is 2.83 bits per heavy atom. The summed E-state index contributed by atoms with van der Waals surface area (Å²) in [7, 11) is 0. The molecule has 1 aliphatic rings. The lowest BCUT2D eigenvalue weighted by Gasteiger charge is -2.00. The van der Waals surface area contributed by atoms with Crippen LogP contribution in [-0.2, 0) is 0 Å². The third-order valence-electron chi connectivity index (χ3n) is 2.08. The normalized spacial score (nSPS) is 30.2. The van der Waals surface area contributed by atoms with E-state index in [-0.39, 0.29) is 5.92 Å². The standard InChI is InChI=1S/C9H13FN2/c1-3-12-5-7-6(2)4-8(10)9(7)11/h3,5-6,8H,1,4,11H2,2H3/t6-,8+/m1/s1. The van der Waals surface area contributed by atoms with Crippen LogP contribution in [0.3, 0.4) is 0 Å². The van der Waals surface area contributed by atoms with Crippen molar-refractivity contribution in [2.24, 2.45) is 16.6 Å². The molecule has 0 fully saturated rings. The molecule has 0 aromatic rings. The van der Waals surface area contributed by atoms with Gasteiger partial charge in [0.25, 0.3) is 0 Å². The molecule has 0 amide bonds. The first-order valence-corrected chi connectivity index (χ1v) is 3.94. The zero-order valence-corrected chi connectivity index (χ0v) is 7.13. The summed E-state index contributed by atoms with van der Waals surface area (Å²) in [5.41, 5.74) is 6.67. The maximum atomic E-state index is 13.0. The lowest BCUT2D eigenvalue weighted by Crippen LogP contribution is -2.08. The molecule has 0 aromatic carbocycles. The fourth-order valence-electron chi connectivity index (χ4n) is 1.36. The molecule has 0 spiro atoms. The highest BCUT2D eigenvalue weighted by Gasteiger charge is 2.27. The number of nitrogens with zero attached hydrogens (tertiary/aromatic N) is 1. The van der Waals surface area contributed by atoms with Gasteiger partial charge in [-0.3, -0.25) is 4.99 Å². The van der Waals surface area contributed by atoms with Crippen molar-refractivity contribution in [2.75, 3.05) is 0 Å². The molecule has 12 heavy (non-hydrogen) atoms. The SMILES string of the molecule is C=CN=CC1=C(N)[C@@H](F)C[C@H]1C. The summed E-state index contributed by atoms with van der Waals surface area (Å²) in [6.07, 6.45) is 2.49. The minimum atomic E-state index is -0.994. The third-order valence-corrected chi connectivity index (χ3v) is 2.08. The number of alkyl halides is 1. The van der Waals surface area contributed by atoms with Crippen LogP contribution in [0.4, 0.5) is 4.39 Å². The van der Waals surface area contributed by atoms with Gasteiger partial charge < -0.3 is 5.73 Å². The molecular weight excluding hydrogens is 155 g/mol. The predicted octanol–water partition coefficient (Wildman–Crippen LogP) is 1.79. The van der Waals surface area contributed by atoms with Crippen molar-refractivity contribution in [1.29, 1.82) is 0 Å². The molecule has 2 nitrogen and oxygen atoms in total. The molecule has 0 aliphatic heterocycles. The van der Waals surface area contributed by atoms with Crippen LogP contribution in [0, 0.1) is 5.92 Å². The molecule has 0 aromatic heterocycles. The Kier molecular flexibility index (Phi) is 2.63. The Morgan fingerprint density at radius 1 is 1.75 bits per heavy atom. The molecule has 0 heterocycles. The molecule has 2 atom stereocenters. The van der Waals surface area contributed by atoms with Gasteiger partial charge >= 0.3 is 0 Å². The van der Waals surface area contributed by atoms with Gasteiger partial charge in [0.1, 0.15) is 6.17 Å². The van der Waals surface area contributed by atoms with Gasteiger partial charge in [-0.25, -0.2) is 4.39 Å². The second-order valence-corrected chi connectivity index (χ2v) is 2.98. The average Bonchev–Trinajstić information content (AvgIpc) is 2.25. The Labute approximate surface area is 71.7 Å². The van der Waals surface area contributed by atoms with E-state index in [0.717, 1.165) is 5.57 Å². The molecule has 0 saturated carbocycles.